The third-order valence-corrected chi connectivity index (χ3v) is 6.98. The fourth-order valence-electron chi connectivity index (χ4n) is 5.01. The Hall–Kier alpha value is -3.04. The van der Waals surface area contributed by atoms with Gasteiger partial charge < -0.3 is 15.0 Å². The van der Waals surface area contributed by atoms with Gasteiger partial charge in [0.2, 0.25) is 5.91 Å². The minimum atomic E-state index is 0.0402. The Morgan fingerprint density at radius 1 is 1.06 bits per heavy atom. The SMILES string of the molecule is Cc1nnc(N2CCC(C(=O)NCCN3CCOCC3)CC2)c2nn(-c3ccccc3)c(C)c12. The zero-order valence-electron chi connectivity index (χ0n) is 20.0. The molecule has 9 heteroatoms. The maximum Gasteiger partial charge on any atom is 0.223 e. The Kier molecular flexibility index (Phi) is 6.73. The summed E-state index contributed by atoms with van der Waals surface area (Å²) in [5, 5.41) is 18.1. The van der Waals surface area contributed by atoms with E-state index in [4.69, 9.17) is 9.84 Å². The summed E-state index contributed by atoms with van der Waals surface area (Å²) in [5.41, 5.74) is 3.84. The molecule has 2 fully saturated rings. The molecular formula is C25H33N7O2. The zero-order chi connectivity index (χ0) is 23.5. The van der Waals surface area contributed by atoms with Crippen LogP contribution in [0.4, 0.5) is 5.82 Å². The van der Waals surface area contributed by atoms with Gasteiger partial charge in [0.15, 0.2) is 5.82 Å². The summed E-state index contributed by atoms with van der Waals surface area (Å²) in [6, 6.07) is 10.1. The van der Waals surface area contributed by atoms with Crippen molar-refractivity contribution in [2.75, 3.05) is 57.4 Å². The monoisotopic (exact) mass is 463 g/mol. The first-order valence-corrected chi connectivity index (χ1v) is 12.2. The Morgan fingerprint density at radius 3 is 2.53 bits per heavy atom. The van der Waals surface area contributed by atoms with Crippen LogP contribution in [0.25, 0.3) is 16.6 Å². The predicted molar refractivity (Wildman–Crippen MR) is 131 cm³/mol. The lowest BCUT2D eigenvalue weighted by molar-refractivity contribution is -0.125. The summed E-state index contributed by atoms with van der Waals surface area (Å²) in [4.78, 5) is 17.3. The number of aryl methyl sites for hydroxylation is 2. The van der Waals surface area contributed by atoms with Crippen LogP contribution < -0.4 is 10.2 Å². The number of piperidine rings is 1. The lowest BCUT2D eigenvalue weighted by Crippen LogP contribution is -2.44. The number of benzene rings is 1. The second-order valence-electron chi connectivity index (χ2n) is 9.17. The van der Waals surface area contributed by atoms with Gasteiger partial charge in [-0.1, -0.05) is 18.2 Å². The minimum Gasteiger partial charge on any atom is -0.379 e. The van der Waals surface area contributed by atoms with Crippen molar-refractivity contribution in [3.8, 4) is 5.69 Å². The van der Waals surface area contributed by atoms with Crippen LogP contribution in [0.1, 0.15) is 24.2 Å². The maximum absolute atomic E-state index is 12.7. The number of amides is 1. The fraction of sp³-hybridized carbons (Fsp3) is 0.520. The van der Waals surface area contributed by atoms with Gasteiger partial charge in [0, 0.05) is 45.2 Å². The third-order valence-electron chi connectivity index (χ3n) is 6.98. The zero-order valence-corrected chi connectivity index (χ0v) is 20.0. The molecule has 0 saturated carbocycles. The summed E-state index contributed by atoms with van der Waals surface area (Å²) in [5.74, 6) is 1.01. The molecule has 1 amide bonds. The lowest BCUT2D eigenvalue weighted by atomic mass is 9.96. The highest BCUT2D eigenvalue weighted by Crippen LogP contribution is 2.31. The van der Waals surface area contributed by atoms with E-state index < -0.39 is 0 Å². The fourth-order valence-corrected chi connectivity index (χ4v) is 5.01. The largest absolute Gasteiger partial charge is 0.379 e. The molecule has 4 heterocycles. The van der Waals surface area contributed by atoms with E-state index in [2.05, 4.69) is 44.4 Å². The van der Waals surface area contributed by atoms with Crippen molar-refractivity contribution in [2.45, 2.75) is 26.7 Å². The molecule has 1 N–H and O–H groups in total. The molecule has 2 saturated heterocycles. The second kappa shape index (κ2) is 10.1. The molecule has 180 valence electrons. The van der Waals surface area contributed by atoms with Gasteiger partial charge in [0.1, 0.15) is 5.52 Å². The molecule has 0 radical (unpaired) electrons. The van der Waals surface area contributed by atoms with Gasteiger partial charge in [-0.15, -0.1) is 5.10 Å². The molecule has 2 aromatic heterocycles. The van der Waals surface area contributed by atoms with Gasteiger partial charge in [-0.3, -0.25) is 9.69 Å². The van der Waals surface area contributed by atoms with Crippen molar-refractivity contribution in [3.63, 3.8) is 0 Å². The number of hydrogen-bond acceptors (Lipinski definition) is 7. The number of nitrogens with one attached hydrogen (secondary N) is 1. The number of fused-ring (bicyclic) bond motifs is 1. The van der Waals surface area contributed by atoms with Crippen molar-refractivity contribution in [3.05, 3.63) is 41.7 Å². The molecule has 1 aromatic carbocycles. The van der Waals surface area contributed by atoms with E-state index in [-0.39, 0.29) is 11.8 Å². The van der Waals surface area contributed by atoms with E-state index >= 15 is 0 Å². The average Bonchev–Trinajstić information content (AvgIpc) is 3.23. The first kappa shape index (κ1) is 22.7. The van der Waals surface area contributed by atoms with Crippen LogP contribution in [0.5, 0.6) is 0 Å². The van der Waals surface area contributed by atoms with Gasteiger partial charge in [0.25, 0.3) is 0 Å². The van der Waals surface area contributed by atoms with Crippen LogP contribution in [-0.2, 0) is 9.53 Å². The normalized spacial score (nSPS) is 17.9. The molecule has 0 unspecified atom stereocenters. The molecule has 0 atom stereocenters. The number of hydrogen-bond donors (Lipinski definition) is 1. The van der Waals surface area contributed by atoms with Crippen molar-refractivity contribution in [1.29, 1.82) is 0 Å². The Balaban J connectivity index is 1.25. The number of rotatable bonds is 6. The van der Waals surface area contributed by atoms with Crippen molar-refractivity contribution >= 4 is 22.6 Å². The Bertz CT molecular complexity index is 1130. The highest BCUT2D eigenvalue weighted by atomic mass is 16.5. The number of anilines is 1. The number of para-hydroxylation sites is 1. The molecule has 34 heavy (non-hydrogen) atoms. The molecule has 5 rings (SSSR count). The molecule has 9 nitrogen and oxygen atoms in total. The summed E-state index contributed by atoms with van der Waals surface area (Å²) < 4.78 is 7.35. The number of carbonyl (C=O) groups is 1. The minimum absolute atomic E-state index is 0.0402. The molecule has 2 aliphatic heterocycles. The van der Waals surface area contributed by atoms with Crippen LogP contribution >= 0.6 is 0 Å². The maximum atomic E-state index is 12.7. The average molecular weight is 464 g/mol. The summed E-state index contributed by atoms with van der Waals surface area (Å²) >= 11 is 0. The Labute approximate surface area is 200 Å². The van der Waals surface area contributed by atoms with Gasteiger partial charge >= 0.3 is 0 Å². The molecule has 3 aromatic rings. The standard InChI is InChI=1S/C25H33N7O2/c1-18-22-19(2)32(21-6-4-3-5-7-21)29-23(22)24(28-27-18)31-11-8-20(9-12-31)25(33)26-10-13-30-14-16-34-17-15-30/h3-7,20H,8-17H2,1-2H3,(H,26,33). The summed E-state index contributed by atoms with van der Waals surface area (Å²) in [7, 11) is 0. The number of nitrogens with zero attached hydrogens (tertiary/aromatic N) is 6. The number of carbonyl (C=O) groups excluding carboxylic acids is 1. The summed E-state index contributed by atoms with van der Waals surface area (Å²) in [6.07, 6.45) is 1.61. The number of ether oxygens (including phenoxy) is 1. The van der Waals surface area contributed by atoms with E-state index in [9.17, 15) is 4.79 Å². The Morgan fingerprint density at radius 2 is 1.79 bits per heavy atom. The smallest absolute Gasteiger partial charge is 0.223 e. The van der Waals surface area contributed by atoms with Gasteiger partial charge in [-0.05, 0) is 38.8 Å². The predicted octanol–water partition coefficient (Wildman–Crippen LogP) is 2.10. The molecular weight excluding hydrogens is 430 g/mol. The third kappa shape index (κ3) is 4.63. The quantitative estimate of drug-likeness (QED) is 0.599. The molecule has 2 aliphatic rings. The van der Waals surface area contributed by atoms with Crippen molar-refractivity contribution in [2.24, 2.45) is 5.92 Å². The van der Waals surface area contributed by atoms with Gasteiger partial charge in [0.05, 0.1) is 35.7 Å². The second-order valence-corrected chi connectivity index (χ2v) is 9.17. The van der Waals surface area contributed by atoms with Gasteiger partial charge in [-0.25, -0.2) is 4.68 Å². The van der Waals surface area contributed by atoms with Crippen LogP contribution in [0.15, 0.2) is 30.3 Å². The van der Waals surface area contributed by atoms with E-state index in [1.807, 2.05) is 29.8 Å². The summed E-state index contributed by atoms with van der Waals surface area (Å²) in [6.45, 7) is 10.6. The highest BCUT2D eigenvalue weighted by molar-refractivity contribution is 5.92. The first-order valence-electron chi connectivity index (χ1n) is 12.2. The van der Waals surface area contributed by atoms with Crippen LogP contribution in [0.2, 0.25) is 0 Å². The lowest BCUT2D eigenvalue weighted by Gasteiger charge is -2.32. The van der Waals surface area contributed by atoms with Crippen molar-refractivity contribution < 1.29 is 9.53 Å². The van der Waals surface area contributed by atoms with Crippen LogP contribution in [0, 0.1) is 19.8 Å². The topological polar surface area (TPSA) is 88.4 Å². The van der Waals surface area contributed by atoms with E-state index in [1.54, 1.807) is 0 Å². The number of morpholine rings is 1. The van der Waals surface area contributed by atoms with E-state index in [0.717, 1.165) is 92.6 Å². The number of aromatic nitrogens is 4. The first-order chi connectivity index (χ1) is 16.6. The van der Waals surface area contributed by atoms with E-state index in [1.165, 1.54) is 0 Å². The molecule has 0 spiro atoms. The van der Waals surface area contributed by atoms with Crippen LogP contribution in [-0.4, -0.2) is 83.3 Å². The van der Waals surface area contributed by atoms with E-state index in [0.29, 0.717) is 6.54 Å². The molecule has 0 bridgehead atoms. The van der Waals surface area contributed by atoms with Crippen LogP contribution in [0.3, 0.4) is 0 Å². The molecule has 0 aliphatic carbocycles. The van der Waals surface area contributed by atoms with Crippen molar-refractivity contribution in [1.82, 2.24) is 30.2 Å². The highest BCUT2D eigenvalue weighted by Gasteiger charge is 2.28. The van der Waals surface area contributed by atoms with Gasteiger partial charge in [-0.2, -0.15) is 10.2 Å².